The number of carbonyl (C=O) groups excluding carboxylic acids is 1. The Bertz CT molecular complexity index is 739. The van der Waals surface area contributed by atoms with Gasteiger partial charge in [0, 0.05) is 25.2 Å². The first-order valence-corrected chi connectivity index (χ1v) is 10.8. The Kier molecular flexibility index (Phi) is 5.90. The minimum atomic E-state index is -0.180. The molecule has 1 aliphatic carbocycles. The van der Waals surface area contributed by atoms with E-state index >= 15 is 0 Å². The first kappa shape index (κ1) is 18.7. The number of aromatic nitrogens is 1. The van der Waals surface area contributed by atoms with Crippen LogP contribution in [0.2, 0.25) is 0 Å². The molecule has 27 heavy (non-hydrogen) atoms. The molecule has 2 atom stereocenters. The molecule has 7 heteroatoms. The number of piperidine rings is 1. The van der Waals surface area contributed by atoms with Crippen molar-refractivity contribution in [2.24, 2.45) is 0 Å². The lowest BCUT2D eigenvalue weighted by atomic mass is 9.89. The molecule has 2 unspecified atom stereocenters. The monoisotopic (exact) mass is 388 g/mol. The van der Waals surface area contributed by atoms with Crippen LogP contribution in [0, 0.1) is 0 Å². The molecule has 1 aromatic carbocycles. The van der Waals surface area contributed by atoms with Crippen LogP contribution < -0.4 is 10.6 Å². The molecule has 1 aromatic heterocycles. The Labute approximate surface area is 164 Å². The molecule has 0 bridgehead atoms. The lowest BCUT2D eigenvalue weighted by molar-refractivity contribution is 0.00777. The van der Waals surface area contributed by atoms with Crippen molar-refractivity contribution in [1.82, 2.24) is 20.5 Å². The molecule has 1 saturated carbocycles. The second-order valence-corrected chi connectivity index (χ2v) is 8.75. The first-order valence-electron chi connectivity index (χ1n) is 10.00. The summed E-state index contributed by atoms with van der Waals surface area (Å²) in [5.41, 5.74) is 0.983. The standard InChI is InChI=1S/C20H28N4O2S/c25-17-7-3-2-6-16(17)24-11-9-14(10-12-24)22-20(26)21-13-19-23-15-5-1-4-8-18(15)27-19/h1,4-5,8,14,16-17,25H,2-3,6-7,9-13H2,(H2,21,22,26). The van der Waals surface area contributed by atoms with Gasteiger partial charge in [-0.1, -0.05) is 25.0 Å². The molecule has 2 fully saturated rings. The van der Waals surface area contributed by atoms with Gasteiger partial charge in [0.1, 0.15) is 5.01 Å². The third kappa shape index (κ3) is 4.59. The summed E-state index contributed by atoms with van der Waals surface area (Å²) >= 11 is 1.62. The number of hydrogen-bond acceptors (Lipinski definition) is 5. The number of benzene rings is 1. The van der Waals surface area contributed by atoms with Crippen molar-refractivity contribution in [3.8, 4) is 0 Å². The Morgan fingerprint density at radius 3 is 2.74 bits per heavy atom. The number of nitrogens with zero attached hydrogens (tertiary/aromatic N) is 2. The van der Waals surface area contributed by atoms with Crippen LogP contribution in [0.25, 0.3) is 10.2 Å². The fourth-order valence-corrected chi connectivity index (χ4v) is 5.19. The zero-order chi connectivity index (χ0) is 18.6. The summed E-state index contributed by atoms with van der Waals surface area (Å²) in [6.07, 6.45) is 6.09. The van der Waals surface area contributed by atoms with Crippen molar-refractivity contribution in [2.45, 2.75) is 63.3 Å². The zero-order valence-corrected chi connectivity index (χ0v) is 16.4. The van der Waals surface area contributed by atoms with Gasteiger partial charge in [0.15, 0.2) is 0 Å². The van der Waals surface area contributed by atoms with Crippen molar-refractivity contribution >= 4 is 27.6 Å². The van der Waals surface area contributed by atoms with Gasteiger partial charge in [-0.25, -0.2) is 9.78 Å². The quantitative estimate of drug-likeness (QED) is 0.753. The van der Waals surface area contributed by atoms with Crippen molar-refractivity contribution < 1.29 is 9.90 Å². The van der Waals surface area contributed by atoms with E-state index in [0.717, 1.165) is 60.4 Å². The normalized spacial score (nSPS) is 24.8. The number of nitrogens with one attached hydrogen (secondary N) is 2. The zero-order valence-electron chi connectivity index (χ0n) is 15.6. The number of fused-ring (bicyclic) bond motifs is 1. The largest absolute Gasteiger partial charge is 0.391 e. The maximum atomic E-state index is 12.2. The molecule has 1 aliphatic heterocycles. The van der Waals surface area contributed by atoms with E-state index in [1.165, 1.54) is 6.42 Å². The number of hydrogen-bond donors (Lipinski definition) is 3. The summed E-state index contributed by atoms with van der Waals surface area (Å²) in [6, 6.07) is 8.42. The summed E-state index contributed by atoms with van der Waals surface area (Å²) in [6.45, 7) is 2.35. The van der Waals surface area contributed by atoms with Crippen LogP contribution >= 0.6 is 11.3 Å². The van der Waals surface area contributed by atoms with E-state index in [-0.39, 0.29) is 18.2 Å². The van der Waals surface area contributed by atoms with E-state index in [2.05, 4.69) is 20.5 Å². The van der Waals surface area contributed by atoms with Crippen LogP contribution in [0.1, 0.15) is 43.5 Å². The van der Waals surface area contributed by atoms with Crippen LogP contribution in [-0.2, 0) is 6.54 Å². The van der Waals surface area contributed by atoms with Gasteiger partial charge in [0.25, 0.3) is 0 Å². The average molecular weight is 389 g/mol. The van der Waals surface area contributed by atoms with Crippen molar-refractivity contribution in [3.63, 3.8) is 0 Å². The minimum absolute atomic E-state index is 0.120. The Hall–Kier alpha value is -1.70. The van der Waals surface area contributed by atoms with Crippen LogP contribution in [0.3, 0.4) is 0 Å². The topological polar surface area (TPSA) is 77.5 Å². The highest BCUT2D eigenvalue weighted by Crippen LogP contribution is 2.26. The lowest BCUT2D eigenvalue weighted by Gasteiger charge is -2.41. The Balaban J connectivity index is 1.21. The van der Waals surface area contributed by atoms with Gasteiger partial charge in [-0.05, 0) is 37.8 Å². The number of aliphatic hydroxyl groups is 1. The van der Waals surface area contributed by atoms with E-state index in [9.17, 15) is 9.90 Å². The maximum absolute atomic E-state index is 12.2. The highest BCUT2D eigenvalue weighted by Gasteiger charge is 2.31. The van der Waals surface area contributed by atoms with Gasteiger partial charge in [-0.2, -0.15) is 0 Å². The molecule has 6 nitrogen and oxygen atoms in total. The van der Waals surface area contributed by atoms with Crippen molar-refractivity contribution in [1.29, 1.82) is 0 Å². The van der Waals surface area contributed by atoms with E-state index in [0.29, 0.717) is 12.6 Å². The molecule has 0 spiro atoms. The van der Waals surface area contributed by atoms with Gasteiger partial charge < -0.3 is 15.7 Å². The van der Waals surface area contributed by atoms with Gasteiger partial charge in [0.05, 0.1) is 22.9 Å². The number of aliphatic hydroxyl groups excluding tert-OH is 1. The molecular weight excluding hydrogens is 360 g/mol. The van der Waals surface area contributed by atoms with E-state index in [1.807, 2.05) is 24.3 Å². The number of carbonyl (C=O) groups is 1. The van der Waals surface area contributed by atoms with Gasteiger partial charge in [0.2, 0.25) is 0 Å². The SMILES string of the molecule is O=C(NCc1nc2ccccc2s1)NC1CCN(C2CCCCC2O)CC1. The average Bonchev–Trinajstić information content (AvgIpc) is 3.11. The molecular formula is C20H28N4O2S. The number of para-hydroxylation sites is 1. The second-order valence-electron chi connectivity index (χ2n) is 7.63. The van der Waals surface area contributed by atoms with Crippen LogP contribution in [0.15, 0.2) is 24.3 Å². The molecule has 2 amide bonds. The fraction of sp³-hybridized carbons (Fsp3) is 0.600. The highest BCUT2D eigenvalue weighted by molar-refractivity contribution is 7.18. The number of rotatable bonds is 4. The smallest absolute Gasteiger partial charge is 0.315 e. The van der Waals surface area contributed by atoms with Gasteiger partial charge in [-0.3, -0.25) is 4.90 Å². The van der Waals surface area contributed by atoms with Crippen LogP contribution in [0.5, 0.6) is 0 Å². The van der Waals surface area contributed by atoms with Crippen LogP contribution in [-0.4, -0.2) is 52.3 Å². The second kappa shape index (κ2) is 8.54. The molecule has 4 rings (SSSR count). The summed E-state index contributed by atoms with van der Waals surface area (Å²) in [5, 5.41) is 17.2. The third-order valence-electron chi connectivity index (χ3n) is 5.77. The third-order valence-corrected chi connectivity index (χ3v) is 6.80. The molecule has 2 aromatic rings. The molecule has 2 aliphatic rings. The number of thiazole rings is 1. The molecule has 146 valence electrons. The number of likely N-dealkylation sites (tertiary alicyclic amines) is 1. The molecule has 1 saturated heterocycles. The Morgan fingerprint density at radius 2 is 1.96 bits per heavy atom. The van der Waals surface area contributed by atoms with E-state index in [1.54, 1.807) is 11.3 Å². The summed E-state index contributed by atoms with van der Waals surface area (Å²) in [4.78, 5) is 19.2. The predicted molar refractivity (Wildman–Crippen MR) is 108 cm³/mol. The number of urea groups is 1. The predicted octanol–water partition coefficient (Wildman–Crippen LogP) is 2.86. The lowest BCUT2D eigenvalue weighted by Crippen LogP contribution is -2.53. The molecule has 2 heterocycles. The summed E-state index contributed by atoms with van der Waals surface area (Å²) < 4.78 is 1.15. The first-order chi connectivity index (χ1) is 13.2. The van der Waals surface area contributed by atoms with Gasteiger partial charge >= 0.3 is 6.03 Å². The minimum Gasteiger partial charge on any atom is -0.391 e. The molecule has 0 radical (unpaired) electrons. The van der Waals surface area contributed by atoms with E-state index in [4.69, 9.17) is 0 Å². The Morgan fingerprint density at radius 1 is 1.19 bits per heavy atom. The number of amides is 2. The highest BCUT2D eigenvalue weighted by atomic mass is 32.1. The van der Waals surface area contributed by atoms with Crippen LogP contribution in [0.4, 0.5) is 4.79 Å². The van der Waals surface area contributed by atoms with Crippen molar-refractivity contribution in [3.05, 3.63) is 29.3 Å². The van der Waals surface area contributed by atoms with Gasteiger partial charge in [-0.15, -0.1) is 11.3 Å². The summed E-state index contributed by atoms with van der Waals surface area (Å²) in [7, 11) is 0. The summed E-state index contributed by atoms with van der Waals surface area (Å²) in [5.74, 6) is 0. The fourth-order valence-electron chi connectivity index (χ4n) is 4.28. The maximum Gasteiger partial charge on any atom is 0.315 e. The van der Waals surface area contributed by atoms with E-state index < -0.39 is 0 Å². The van der Waals surface area contributed by atoms with Crippen molar-refractivity contribution in [2.75, 3.05) is 13.1 Å². The molecule has 3 N–H and O–H groups in total.